The van der Waals surface area contributed by atoms with E-state index in [-0.39, 0.29) is 5.60 Å². The first kappa shape index (κ1) is 12.8. The molecule has 0 radical (unpaired) electrons. The molecule has 0 N–H and O–H groups in total. The molecule has 3 nitrogen and oxygen atoms in total. The second kappa shape index (κ2) is 5.78. The molecule has 0 spiro atoms. The molecule has 1 aliphatic rings. The van der Waals surface area contributed by atoms with Gasteiger partial charge in [-0.25, -0.2) is 9.97 Å². The molecule has 1 heterocycles. The number of hydrogen-bond acceptors (Lipinski definition) is 3. The second-order valence-electron chi connectivity index (χ2n) is 4.49. The predicted molar refractivity (Wildman–Crippen MR) is 68.0 cm³/mol. The molecule has 1 fully saturated rings. The highest BCUT2D eigenvalue weighted by atomic mass is 35.5. The normalized spacial score (nSPS) is 19.2. The zero-order valence-corrected chi connectivity index (χ0v) is 11.0. The standard InChI is InChI=1S/C13H19ClN2O/c1-2-17-13(7-4-3-5-8-13)12-15-9-6-11(10-14)16-12/h6,9H,2-5,7-8,10H2,1H3. The van der Waals surface area contributed by atoms with Crippen molar-refractivity contribution in [3.05, 3.63) is 23.8 Å². The van der Waals surface area contributed by atoms with Gasteiger partial charge in [0.2, 0.25) is 0 Å². The Kier molecular flexibility index (Phi) is 4.35. The summed E-state index contributed by atoms with van der Waals surface area (Å²) in [5, 5.41) is 0. The van der Waals surface area contributed by atoms with Crippen LogP contribution in [0.15, 0.2) is 12.3 Å². The third-order valence-electron chi connectivity index (χ3n) is 3.34. The number of nitrogens with zero attached hydrogens (tertiary/aromatic N) is 2. The van der Waals surface area contributed by atoms with Crippen LogP contribution in [0.1, 0.15) is 50.5 Å². The van der Waals surface area contributed by atoms with Gasteiger partial charge in [-0.3, -0.25) is 0 Å². The fourth-order valence-corrected chi connectivity index (χ4v) is 2.67. The average Bonchev–Trinajstić information content (AvgIpc) is 2.40. The summed E-state index contributed by atoms with van der Waals surface area (Å²) in [6.45, 7) is 2.73. The van der Waals surface area contributed by atoms with Crippen molar-refractivity contribution in [3.63, 3.8) is 0 Å². The van der Waals surface area contributed by atoms with E-state index in [4.69, 9.17) is 16.3 Å². The maximum absolute atomic E-state index is 5.99. The first-order valence-electron chi connectivity index (χ1n) is 6.33. The Hall–Kier alpha value is -0.670. The number of ether oxygens (including phenoxy) is 1. The minimum Gasteiger partial charge on any atom is -0.367 e. The van der Waals surface area contributed by atoms with Gasteiger partial charge in [-0.1, -0.05) is 19.3 Å². The van der Waals surface area contributed by atoms with Crippen LogP contribution in [0.25, 0.3) is 0 Å². The molecule has 0 unspecified atom stereocenters. The third-order valence-corrected chi connectivity index (χ3v) is 3.61. The van der Waals surface area contributed by atoms with Gasteiger partial charge >= 0.3 is 0 Å². The van der Waals surface area contributed by atoms with Crippen LogP contribution in [-0.4, -0.2) is 16.6 Å². The second-order valence-corrected chi connectivity index (χ2v) is 4.76. The maximum Gasteiger partial charge on any atom is 0.160 e. The van der Waals surface area contributed by atoms with Gasteiger partial charge < -0.3 is 4.74 Å². The van der Waals surface area contributed by atoms with E-state index in [9.17, 15) is 0 Å². The Morgan fingerprint density at radius 3 is 2.76 bits per heavy atom. The number of halogens is 1. The zero-order chi connectivity index (χ0) is 12.1. The summed E-state index contributed by atoms with van der Waals surface area (Å²) in [5.74, 6) is 1.25. The molecule has 4 heteroatoms. The van der Waals surface area contributed by atoms with Crippen molar-refractivity contribution >= 4 is 11.6 Å². The van der Waals surface area contributed by atoms with Crippen molar-refractivity contribution in [2.75, 3.05) is 6.61 Å². The number of alkyl halides is 1. The van der Waals surface area contributed by atoms with Crippen molar-refractivity contribution in [3.8, 4) is 0 Å². The van der Waals surface area contributed by atoms with Crippen LogP contribution >= 0.6 is 11.6 Å². The molecular formula is C13H19ClN2O. The lowest BCUT2D eigenvalue weighted by molar-refractivity contribution is -0.0768. The first-order chi connectivity index (χ1) is 8.30. The molecule has 0 amide bonds. The van der Waals surface area contributed by atoms with E-state index in [1.807, 2.05) is 13.0 Å². The molecule has 1 aromatic heterocycles. The number of hydrogen-bond donors (Lipinski definition) is 0. The molecule has 94 valence electrons. The smallest absolute Gasteiger partial charge is 0.160 e. The molecule has 17 heavy (non-hydrogen) atoms. The van der Waals surface area contributed by atoms with Crippen LogP contribution in [-0.2, 0) is 16.2 Å². The molecule has 0 bridgehead atoms. The monoisotopic (exact) mass is 254 g/mol. The van der Waals surface area contributed by atoms with E-state index in [0.29, 0.717) is 12.5 Å². The van der Waals surface area contributed by atoms with E-state index in [1.54, 1.807) is 6.20 Å². The molecule has 1 aromatic rings. The summed E-state index contributed by atoms with van der Waals surface area (Å²) in [6.07, 6.45) is 7.49. The molecule has 1 saturated carbocycles. The van der Waals surface area contributed by atoms with Gasteiger partial charge in [0.1, 0.15) is 5.60 Å². The Balaban J connectivity index is 2.30. The highest BCUT2D eigenvalue weighted by Gasteiger charge is 2.37. The Labute approximate surface area is 108 Å². The van der Waals surface area contributed by atoms with Crippen LogP contribution in [0.2, 0.25) is 0 Å². The molecule has 0 saturated heterocycles. The van der Waals surface area contributed by atoms with Crippen molar-refractivity contribution in [2.45, 2.75) is 50.5 Å². The lowest BCUT2D eigenvalue weighted by Gasteiger charge is -2.35. The van der Waals surface area contributed by atoms with Gasteiger partial charge in [0.15, 0.2) is 5.82 Å². The van der Waals surface area contributed by atoms with Gasteiger partial charge in [0.05, 0.1) is 11.6 Å². The summed E-state index contributed by atoms with van der Waals surface area (Å²) in [4.78, 5) is 8.94. The quantitative estimate of drug-likeness (QED) is 0.773. The molecule has 0 aromatic carbocycles. The minimum atomic E-state index is -0.269. The van der Waals surface area contributed by atoms with Gasteiger partial charge in [-0.2, -0.15) is 0 Å². The molecule has 0 atom stereocenters. The topological polar surface area (TPSA) is 35.0 Å². The predicted octanol–water partition coefficient (Wildman–Crippen LogP) is 3.41. The summed E-state index contributed by atoms with van der Waals surface area (Å²) < 4.78 is 5.99. The van der Waals surface area contributed by atoms with E-state index in [1.165, 1.54) is 19.3 Å². The SMILES string of the molecule is CCOC1(c2nccc(CCl)n2)CCCCC1. The first-order valence-corrected chi connectivity index (χ1v) is 6.86. The van der Waals surface area contributed by atoms with Crippen LogP contribution in [0.5, 0.6) is 0 Å². The molecule has 2 rings (SSSR count). The van der Waals surface area contributed by atoms with Crippen LogP contribution in [0, 0.1) is 0 Å². The fraction of sp³-hybridized carbons (Fsp3) is 0.692. The van der Waals surface area contributed by atoms with Gasteiger partial charge in [0, 0.05) is 12.8 Å². The zero-order valence-electron chi connectivity index (χ0n) is 10.3. The molecular weight excluding hydrogens is 236 g/mol. The molecule has 0 aliphatic heterocycles. The van der Waals surface area contributed by atoms with E-state index in [0.717, 1.165) is 24.4 Å². The van der Waals surface area contributed by atoms with Crippen LogP contribution in [0.4, 0.5) is 0 Å². The minimum absolute atomic E-state index is 0.269. The Morgan fingerprint density at radius 1 is 1.35 bits per heavy atom. The summed E-state index contributed by atoms with van der Waals surface area (Å²) in [7, 11) is 0. The lowest BCUT2D eigenvalue weighted by atomic mass is 9.84. The van der Waals surface area contributed by atoms with Crippen molar-refractivity contribution in [2.24, 2.45) is 0 Å². The summed E-state index contributed by atoms with van der Waals surface area (Å²) in [6, 6.07) is 1.86. The van der Waals surface area contributed by atoms with Gasteiger partial charge in [0.25, 0.3) is 0 Å². The van der Waals surface area contributed by atoms with Crippen molar-refractivity contribution in [1.82, 2.24) is 9.97 Å². The third kappa shape index (κ3) is 2.78. The van der Waals surface area contributed by atoms with E-state index < -0.39 is 0 Å². The molecule has 1 aliphatic carbocycles. The lowest BCUT2D eigenvalue weighted by Crippen LogP contribution is -2.34. The van der Waals surface area contributed by atoms with Gasteiger partial charge in [-0.05, 0) is 25.8 Å². The van der Waals surface area contributed by atoms with E-state index >= 15 is 0 Å². The largest absolute Gasteiger partial charge is 0.367 e. The number of rotatable bonds is 4. The Bertz CT molecular complexity index is 359. The van der Waals surface area contributed by atoms with Crippen LogP contribution < -0.4 is 0 Å². The summed E-state index contributed by atoms with van der Waals surface area (Å²) >= 11 is 5.83. The maximum atomic E-state index is 5.99. The van der Waals surface area contributed by atoms with Crippen molar-refractivity contribution in [1.29, 1.82) is 0 Å². The highest BCUT2D eigenvalue weighted by molar-refractivity contribution is 6.16. The highest BCUT2D eigenvalue weighted by Crippen LogP contribution is 2.38. The van der Waals surface area contributed by atoms with E-state index in [2.05, 4.69) is 9.97 Å². The Morgan fingerprint density at radius 2 is 2.12 bits per heavy atom. The van der Waals surface area contributed by atoms with Gasteiger partial charge in [-0.15, -0.1) is 11.6 Å². The van der Waals surface area contributed by atoms with Crippen LogP contribution in [0.3, 0.4) is 0 Å². The number of aromatic nitrogens is 2. The fourth-order valence-electron chi connectivity index (χ4n) is 2.52. The average molecular weight is 255 g/mol. The van der Waals surface area contributed by atoms with Crippen molar-refractivity contribution < 1.29 is 4.74 Å². The summed E-state index contributed by atoms with van der Waals surface area (Å²) in [5.41, 5.74) is 0.607.